The van der Waals surface area contributed by atoms with Gasteiger partial charge in [0.15, 0.2) is 0 Å². The number of carbonyl (C=O) groups is 4. The molecule has 0 aliphatic carbocycles. The van der Waals surface area contributed by atoms with E-state index in [2.05, 4.69) is 31.6 Å². The monoisotopic (exact) mass is 513 g/mol. The minimum Gasteiger partial charge on any atom is -0.491 e. The number of hydrogen-bond acceptors (Lipinski definition) is 7. The van der Waals surface area contributed by atoms with Crippen LogP contribution in [0.4, 0.5) is 0 Å². The minimum absolute atomic E-state index is 0.126. The van der Waals surface area contributed by atoms with Crippen molar-refractivity contribution in [3.8, 4) is 5.75 Å². The summed E-state index contributed by atoms with van der Waals surface area (Å²) in [6.45, 7) is 10.8. The smallest absolute Gasteiger partial charge is 0.255 e. The molecule has 0 fully saturated rings. The van der Waals surface area contributed by atoms with Gasteiger partial charge in [-0.05, 0) is 45.7 Å². The van der Waals surface area contributed by atoms with Gasteiger partial charge in [-0.15, -0.1) is 5.10 Å². The van der Waals surface area contributed by atoms with Crippen molar-refractivity contribution in [1.29, 1.82) is 0 Å². The highest BCUT2D eigenvalue weighted by atomic mass is 16.5. The maximum atomic E-state index is 13.2. The highest BCUT2D eigenvalue weighted by molar-refractivity contribution is 6.01. The summed E-state index contributed by atoms with van der Waals surface area (Å²) < 4.78 is 7.45. The van der Waals surface area contributed by atoms with E-state index in [4.69, 9.17) is 4.74 Å². The molecule has 0 radical (unpaired) electrons. The summed E-state index contributed by atoms with van der Waals surface area (Å²) in [6, 6.07) is 3.43. The molecule has 4 N–H and O–H groups in total. The molecule has 2 atom stereocenters. The number of aromatic nitrogens is 3. The molecule has 37 heavy (non-hydrogen) atoms. The van der Waals surface area contributed by atoms with Gasteiger partial charge >= 0.3 is 0 Å². The summed E-state index contributed by atoms with van der Waals surface area (Å²) in [5.41, 5.74) is 0.310. The van der Waals surface area contributed by atoms with Crippen molar-refractivity contribution in [2.24, 2.45) is 5.92 Å². The van der Waals surface area contributed by atoms with Gasteiger partial charge in [-0.3, -0.25) is 19.2 Å². The van der Waals surface area contributed by atoms with Gasteiger partial charge in [-0.2, -0.15) is 0 Å². The van der Waals surface area contributed by atoms with Crippen LogP contribution in [0.3, 0.4) is 0 Å². The molecule has 2 aromatic rings. The number of hydrogen-bond donors (Lipinski definition) is 4. The van der Waals surface area contributed by atoms with Crippen LogP contribution in [-0.4, -0.2) is 62.9 Å². The van der Waals surface area contributed by atoms with E-state index >= 15 is 0 Å². The number of aryl methyl sites for hydroxylation is 1. The van der Waals surface area contributed by atoms with Crippen molar-refractivity contribution in [2.75, 3.05) is 6.61 Å². The topological polar surface area (TPSA) is 156 Å². The maximum Gasteiger partial charge on any atom is 0.255 e. The zero-order valence-corrected chi connectivity index (χ0v) is 22.0. The Labute approximate surface area is 215 Å². The van der Waals surface area contributed by atoms with Crippen LogP contribution in [0.1, 0.15) is 56.2 Å². The van der Waals surface area contributed by atoms with Crippen LogP contribution < -0.4 is 26.0 Å². The van der Waals surface area contributed by atoms with E-state index in [0.29, 0.717) is 18.0 Å². The molecule has 0 saturated heterocycles. The molecule has 12 heteroatoms. The molecule has 0 unspecified atom stereocenters. The first-order valence-corrected chi connectivity index (χ1v) is 12.2. The Bertz CT molecular complexity index is 1170. The van der Waals surface area contributed by atoms with Crippen molar-refractivity contribution in [3.05, 3.63) is 41.2 Å². The minimum atomic E-state index is -1.35. The molecule has 4 amide bonds. The molecule has 0 saturated carbocycles. The molecule has 12 nitrogen and oxygen atoms in total. The lowest BCUT2D eigenvalue weighted by molar-refractivity contribution is -0.134. The van der Waals surface area contributed by atoms with E-state index in [1.54, 1.807) is 57.6 Å². The van der Waals surface area contributed by atoms with Gasteiger partial charge in [-0.25, -0.2) is 4.68 Å². The third kappa shape index (κ3) is 7.05. The molecule has 1 aromatic carbocycles. The number of fused-ring (bicyclic) bond motifs is 3. The van der Waals surface area contributed by atoms with Gasteiger partial charge in [0.2, 0.25) is 17.7 Å². The number of nitrogens with one attached hydrogen (secondary N) is 4. The third-order valence-corrected chi connectivity index (χ3v) is 5.97. The maximum absolute atomic E-state index is 13.2. The highest BCUT2D eigenvalue weighted by Gasteiger charge is 2.35. The fourth-order valence-electron chi connectivity index (χ4n) is 3.69. The normalized spacial score (nSPS) is 21.6. The van der Waals surface area contributed by atoms with Gasteiger partial charge in [-0.1, -0.05) is 30.7 Å². The fraction of sp³-hybridized carbons (Fsp3) is 0.520. The summed E-state index contributed by atoms with van der Waals surface area (Å²) in [6.07, 6.45) is 1.68. The zero-order chi connectivity index (χ0) is 27.3. The van der Waals surface area contributed by atoms with Crippen molar-refractivity contribution < 1.29 is 23.9 Å². The van der Waals surface area contributed by atoms with Gasteiger partial charge in [0.1, 0.15) is 35.7 Å². The second-order valence-electron chi connectivity index (χ2n) is 10.0. The van der Waals surface area contributed by atoms with E-state index in [1.807, 2.05) is 13.0 Å². The quantitative estimate of drug-likeness (QED) is 0.431. The van der Waals surface area contributed by atoms with Crippen LogP contribution >= 0.6 is 0 Å². The lowest BCUT2D eigenvalue weighted by atomic mass is 9.98. The van der Waals surface area contributed by atoms with Crippen molar-refractivity contribution in [3.63, 3.8) is 0 Å². The number of rotatable bonds is 1. The predicted octanol–water partition coefficient (Wildman–Crippen LogP) is 0.449. The standard InChI is InChI=1S/C25H35N7O5/c1-14(2)20-23(35)27-16(4)21(33)26-12-17-13-32(31-30-17)9-10-37-19-8-7-15(3)11-18(19)22(34)29-25(5,6)24(36)28-20/h7-8,11,13-14,16,20H,9-10,12H2,1-6H3,(H,26,33)(H,27,35)(H,28,36)(H,29,34)/t16-,20+/m1/s1. The predicted molar refractivity (Wildman–Crippen MR) is 134 cm³/mol. The molecule has 200 valence electrons. The Kier molecular flexibility index (Phi) is 8.51. The fourth-order valence-corrected chi connectivity index (χ4v) is 3.69. The summed E-state index contributed by atoms with van der Waals surface area (Å²) in [5, 5.41) is 18.9. The summed E-state index contributed by atoms with van der Waals surface area (Å²) >= 11 is 0. The first-order chi connectivity index (χ1) is 17.4. The summed E-state index contributed by atoms with van der Waals surface area (Å²) in [4.78, 5) is 51.9. The average Bonchev–Trinajstić information content (AvgIpc) is 3.28. The number of ether oxygens (including phenoxy) is 1. The van der Waals surface area contributed by atoms with Gasteiger partial charge < -0.3 is 26.0 Å². The van der Waals surface area contributed by atoms with Crippen molar-refractivity contribution >= 4 is 23.6 Å². The van der Waals surface area contributed by atoms with Crippen LogP contribution in [0.5, 0.6) is 5.75 Å². The number of nitrogens with zero attached hydrogens (tertiary/aromatic N) is 3. The first kappa shape index (κ1) is 27.6. The second-order valence-corrected chi connectivity index (χ2v) is 10.0. The molecule has 3 rings (SSSR count). The Morgan fingerprint density at radius 2 is 1.84 bits per heavy atom. The summed E-state index contributed by atoms with van der Waals surface area (Å²) in [5.74, 6) is -1.88. The molecule has 1 aliphatic heterocycles. The Morgan fingerprint density at radius 1 is 1.11 bits per heavy atom. The van der Waals surface area contributed by atoms with Gasteiger partial charge in [0.25, 0.3) is 5.91 Å². The lowest BCUT2D eigenvalue weighted by Crippen LogP contribution is -2.61. The van der Waals surface area contributed by atoms with Gasteiger partial charge in [0, 0.05) is 0 Å². The highest BCUT2D eigenvalue weighted by Crippen LogP contribution is 2.21. The van der Waals surface area contributed by atoms with Crippen molar-refractivity contribution in [2.45, 2.75) is 72.3 Å². The zero-order valence-electron chi connectivity index (χ0n) is 22.0. The largest absolute Gasteiger partial charge is 0.491 e. The van der Waals surface area contributed by atoms with E-state index in [1.165, 1.54) is 0 Å². The molecular formula is C25H35N7O5. The van der Waals surface area contributed by atoms with Crippen LogP contribution in [-0.2, 0) is 27.5 Å². The third-order valence-electron chi connectivity index (χ3n) is 5.97. The van der Waals surface area contributed by atoms with E-state index in [-0.39, 0.29) is 24.6 Å². The molecule has 2 heterocycles. The molecule has 1 aliphatic rings. The Hall–Kier alpha value is -3.96. The van der Waals surface area contributed by atoms with Crippen LogP contribution in [0.2, 0.25) is 0 Å². The van der Waals surface area contributed by atoms with Crippen LogP contribution in [0.25, 0.3) is 0 Å². The van der Waals surface area contributed by atoms with E-state index in [9.17, 15) is 19.2 Å². The number of carbonyl (C=O) groups excluding carboxylic acids is 4. The van der Waals surface area contributed by atoms with Crippen molar-refractivity contribution in [1.82, 2.24) is 36.3 Å². The van der Waals surface area contributed by atoms with E-state index < -0.39 is 41.3 Å². The van der Waals surface area contributed by atoms with Crippen LogP contribution in [0, 0.1) is 12.8 Å². The number of amides is 4. The Balaban J connectivity index is 1.92. The van der Waals surface area contributed by atoms with Gasteiger partial charge in [0.05, 0.1) is 24.8 Å². The molecular weight excluding hydrogens is 478 g/mol. The van der Waals surface area contributed by atoms with E-state index in [0.717, 1.165) is 5.56 Å². The SMILES string of the molecule is Cc1ccc2c(c1)C(=O)NC(C)(C)C(=O)N[C@@H](C(C)C)C(=O)N[C@H](C)C(=O)NCc1cn(nn1)CCO2. The molecule has 2 bridgehead atoms. The number of benzene rings is 1. The Morgan fingerprint density at radius 3 is 2.54 bits per heavy atom. The lowest BCUT2D eigenvalue weighted by Gasteiger charge is -2.30. The van der Waals surface area contributed by atoms with Crippen LogP contribution in [0.15, 0.2) is 24.4 Å². The molecule has 0 spiro atoms. The average molecular weight is 514 g/mol. The first-order valence-electron chi connectivity index (χ1n) is 12.2. The second kappa shape index (κ2) is 11.4. The molecule has 1 aromatic heterocycles. The summed E-state index contributed by atoms with van der Waals surface area (Å²) in [7, 11) is 0.